The fourth-order valence-electron chi connectivity index (χ4n) is 8.53. The summed E-state index contributed by atoms with van der Waals surface area (Å²) in [5.41, 5.74) is 1.87. The number of hydrogen-bond donors (Lipinski definition) is 0. The standard InChI is InChI=1S/C41H46ClF2N5O4S2/c1-22(2)55-17-16-52-39(50)47-15-9-13-29(47)30-20-27-37(49(30)36-24-19-31(36)48(21-24)40(51)53-41(3,4)5)26-18-23(10-8-14-45)32(25-11-7-12-28(43)33(25)42)34(44)35(26)46-38(27)54-6/h7,11-12,18,20,22,24,29,31,36H,8-10,13,15-17,19,21H2,1-6H3/t24-,29-,31-,36+/m1/s1. The Morgan fingerprint density at radius 3 is 2.64 bits per heavy atom. The van der Waals surface area contributed by atoms with Crippen LogP contribution in [0.5, 0.6) is 0 Å². The van der Waals surface area contributed by atoms with Gasteiger partial charge in [-0.05, 0) is 81.7 Å². The summed E-state index contributed by atoms with van der Waals surface area (Å²) in [6.07, 6.45) is 3.71. The normalized spacial score (nSPS) is 20.7. The van der Waals surface area contributed by atoms with E-state index < -0.39 is 17.2 Å². The van der Waals surface area contributed by atoms with Crippen LogP contribution < -0.4 is 0 Å². The summed E-state index contributed by atoms with van der Waals surface area (Å²) in [6, 6.07) is 9.72. The van der Waals surface area contributed by atoms with Gasteiger partial charge in [-0.25, -0.2) is 23.4 Å². The van der Waals surface area contributed by atoms with Crippen LogP contribution in [0.2, 0.25) is 5.02 Å². The van der Waals surface area contributed by atoms with Crippen molar-refractivity contribution >= 4 is 69.1 Å². The molecule has 4 aromatic rings. The van der Waals surface area contributed by atoms with Gasteiger partial charge in [0, 0.05) is 58.8 Å². The van der Waals surface area contributed by atoms with Gasteiger partial charge in [-0.1, -0.05) is 37.6 Å². The topological polar surface area (TPSA) is 101 Å². The number of carbonyl (C=O) groups excluding carboxylic acids is 2. The van der Waals surface area contributed by atoms with Gasteiger partial charge < -0.3 is 18.9 Å². The lowest BCUT2D eigenvalue weighted by atomic mass is 9.79. The summed E-state index contributed by atoms with van der Waals surface area (Å²) in [6.45, 7) is 11.1. The summed E-state index contributed by atoms with van der Waals surface area (Å²) < 4.78 is 46.0. The molecule has 2 aromatic carbocycles. The van der Waals surface area contributed by atoms with Gasteiger partial charge in [0.25, 0.3) is 0 Å². The number of likely N-dealkylation sites (tertiary alicyclic amines) is 1. The highest BCUT2D eigenvalue weighted by Gasteiger charge is 2.57. The number of fused-ring (bicyclic) bond motifs is 4. The second-order valence-corrected chi connectivity index (χ2v) is 18.6. The molecule has 55 heavy (non-hydrogen) atoms. The van der Waals surface area contributed by atoms with E-state index in [1.54, 1.807) is 22.7 Å². The summed E-state index contributed by atoms with van der Waals surface area (Å²) in [7, 11) is 0. The smallest absolute Gasteiger partial charge is 0.410 e. The third-order valence-electron chi connectivity index (χ3n) is 10.8. The minimum Gasteiger partial charge on any atom is -0.449 e. The third kappa shape index (κ3) is 7.35. The lowest BCUT2D eigenvalue weighted by Gasteiger charge is -2.40. The van der Waals surface area contributed by atoms with Crippen LogP contribution in [0.15, 0.2) is 35.4 Å². The maximum absolute atomic E-state index is 17.3. The van der Waals surface area contributed by atoms with Crippen molar-refractivity contribution in [2.24, 2.45) is 5.92 Å². The van der Waals surface area contributed by atoms with Gasteiger partial charge in [-0.2, -0.15) is 17.0 Å². The Bertz CT molecular complexity index is 2200. The molecule has 4 aliphatic rings. The first-order chi connectivity index (χ1) is 26.2. The van der Waals surface area contributed by atoms with E-state index in [0.717, 1.165) is 29.4 Å². The number of halogens is 3. The number of hydrogen-bond acceptors (Lipinski definition) is 8. The SMILES string of the molecule is CSc1nc2c(F)c(-c3cccc(F)c3Cl)c(CCC#N)cc2c2c1cc([C@H]1CCCN1C(=O)OCCSC(C)C)n2[C@H]1[C@@H]2C[C@H]1N(C(=O)OC(C)(C)C)C2. The fourth-order valence-corrected chi connectivity index (χ4v) is 9.96. The van der Waals surface area contributed by atoms with E-state index >= 15 is 4.39 Å². The first kappa shape index (κ1) is 39.5. The Morgan fingerprint density at radius 1 is 1.15 bits per heavy atom. The number of amides is 2. The fraction of sp³-hybridized carbons (Fsp3) is 0.512. The number of carbonyl (C=O) groups is 2. The van der Waals surface area contributed by atoms with Crippen LogP contribution in [-0.4, -0.2) is 80.1 Å². The van der Waals surface area contributed by atoms with Gasteiger partial charge in [0.1, 0.15) is 28.6 Å². The molecule has 5 heterocycles. The highest BCUT2D eigenvalue weighted by atomic mass is 35.5. The van der Waals surface area contributed by atoms with Gasteiger partial charge in [-0.3, -0.25) is 4.90 Å². The summed E-state index contributed by atoms with van der Waals surface area (Å²) in [5, 5.41) is 11.8. The molecule has 0 radical (unpaired) electrons. The van der Waals surface area contributed by atoms with Crippen LogP contribution in [-0.2, 0) is 15.9 Å². The number of nitriles is 1. The first-order valence-electron chi connectivity index (χ1n) is 18.8. The van der Waals surface area contributed by atoms with Crippen LogP contribution >= 0.6 is 35.1 Å². The van der Waals surface area contributed by atoms with E-state index in [4.69, 9.17) is 26.1 Å². The number of nitrogens with zero attached hydrogens (tertiary/aromatic N) is 5. The van der Waals surface area contributed by atoms with Gasteiger partial charge >= 0.3 is 12.2 Å². The predicted octanol–water partition coefficient (Wildman–Crippen LogP) is 10.6. The molecule has 1 aliphatic carbocycles. The lowest BCUT2D eigenvalue weighted by molar-refractivity contribution is 0.0208. The molecule has 4 atom stereocenters. The largest absolute Gasteiger partial charge is 0.449 e. The second kappa shape index (κ2) is 15.7. The summed E-state index contributed by atoms with van der Waals surface area (Å²) >= 11 is 9.59. The Morgan fingerprint density at radius 2 is 1.93 bits per heavy atom. The number of benzene rings is 2. The Balaban J connectivity index is 1.44. The minimum atomic E-state index is -0.676. The van der Waals surface area contributed by atoms with Gasteiger partial charge in [0.05, 0.1) is 34.7 Å². The van der Waals surface area contributed by atoms with Crippen molar-refractivity contribution in [2.45, 2.75) is 101 Å². The third-order valence-corrected chi connectivity index (χ3v) is 12.9. The van der Waals surface area contributed by atoms with Crippen molar-refractivity contribution in [1.82, 2.24) is 19.4 Å². The number of thioether (sulfide) groups is 2. The molecule has 14 heteroatoms. The second-order valence-electron chi connectivity index (χ2n) is 15.8. The summed E-state index contributed by atoms with van der Waals surface area (Å²) in [5.74, 6) is -0.534. The molecule has 9 nitrogen and oxygen atoms in total. The lowest BCUT2D eigenvalue weighted by Crippen LogP contribution is -2.45. The number of rotatable bonds is 10. The first-order valence-corrected chi connectivity index (χ1v) is 21.5. The number of pyridine rings is 1. The summed E-state index contributed by atoms with van der Waals surface area (Å²) in [4.78, 5) is 35.8. The van der Waals surface area contributed by atoms with Gasteiger partial charge in [0.15, 0.2) is 5.82 Å². The zero-order chi connectivity index (χ0) is 39.3. The zero-order valence-corrected chi connectivity index (χ0v) is 34.3. The van der Waals surface area contributed by atoms with E-state index in [0.29, 0.717) is 53.1 Å². The van der Waals surface area contributed by atoms with Crippen molar-refractivity contribution in [3.63, 3.8) is 0 Å². The maximum Gasteiger partial charge on any atom is 0.410 e. The predicted molar refractivity (Wildman–Crippen MR) is 215 cm³/mol. The van der Waals surface area contributed by atoms with Crippen molar-refractivity contribution in [3.8, 4) is 17.2 Å². The quantitative estimate of drug-likeness (QED) is 0.115. The van der Waals surface area contributed by atoms with Crippen LogP contribution in [0.1, 0.15) is 83.6 Å². The number of aromatic nitrogens is 2. The molecule has 2 bridgehead atoms. The van der Waals surface area contributed by atoms with Crippen molar-refractivity contribution in [2.75, 3.05) is 31.7 Å². The van der Waals surface area contributed by atoms with E-state index in [1.165, 1.54) is 23.9 Å². The van der Waals surface area contributed by atoms with Crippen LogP contribution in [0, 0.1) is 28.9 Å². The Kier molecular flexibility index (Phi) is 11.2. The molecule has 3 saturated heterocycles. The zero-order valence-electron chi connectivity index (χ0n) is 32.0. The molecule has 8 rings (SSSR count). The highest BCUT2D eigenvalue weighted by Crippen LogP contribution is 2.54. The highest BCUT2D eigenvalue weighted by molar-refractivity contribution is 7.99. The van der Waals surface area contributed by atoms with E-state index in [9.17, 15) is 19.2 Å². The molecule has 0 N–H and O–H groups in total. The monoisotopic (exact) mass is 809 g/mol. The Labute approximate surface area is 334 Å². The molecule has 3 aliphatic heterocycles. The van der Waals surface area contributed by atoms with Crippen molar-refractivity contribution in [1.29, 1.82) is 5.26 Å². The molecule has 4 fully saturated rings. The average molecular weight is 810 g/mol. The Hall–Kier alpha value is -3.73. The molecule has 0 spiro atoms. The van der Waals surface area contributed by atoms with E-state index in [-0.39, 0.29) is 70.7 Å². The minimum absolute atomic E-state index is 0.0935. The molecular formula is C41H46ClF2N5O4S2. The molecular weight excluding hydrogens is 764 g/mol. The van der Waals surface area contributed by atoms with Crippen LogP contribution in [0.25, 0.3) is 32.9 Å². The van der Waals surface area contributed by atoms with E-state index in [1.807, 2.05) is 38.0 Å². The van der Waals surface area contributed by atoms with E-state index in [2.05, 4.69) is 30.6 Å². The van der Waals surface area contributed by atoms with Crippen LogP contribution in [0.4, 0.5) is 18.4 Å². The average Bonchev–Trinajstić information content (AvgIpc) is 3.93. The number of aryl methyl sites for hydroxylation is 1. The maximum atomic E-state index is 17.3. The van der Waals surface area contributed by atoms with Gasteiger partial charge in [0.2, 0.25) is 0 Å². The molecule has 2 amide bonds. The van der Waals surface area contributed by atoms with Crippen molar-refractivity contribution < 1.29 is 27.8 Å². The molecule has 1 saturated carbocycles. The van der Waals surface area contributed by atoms with Gasteiger partial charge in [-0.15, -0.1) is 11.8 Å². The number of ether oxygens (including phenoxy) is 2. The molecule has 292 valence electrons. The van der Waals surface area contributed by atoms with Crippen molar-refractivity contribution in [3.05, 3.63) is 58.2 Å². The molecule has 2 aromatic heterocycles. The molecule has 0 unspecified atom stereocenters. The van der Waals surface area contributed by atoms with Crippen LogP contribution in [0.3, 0.4) is 0 Å².